The molecule has 0 spiro atoms. The molecule has 1 N–H and O–H groups in total. The second kappa shape index (κ2) is 9.78. The summed E-state index contributed by atoms with van der Waals surface area (Å²) in [6.07, 6.45) is 0. The van der Waals surface area contributed by atoms with Crippen LogP contribution >= 0.6 is 0 Å². The number of hydrogen-bond donors (Lipinski definition) is 0. The van der Waals surface area contributed by atoms with E-state index in [1.807, 2.05) is 18.2 Å². The molecule has 1 rings (SSSR count). The zero-order chi connectivity index (χ0) is 7.82. The van der Waals surface area contributed by atoms with Crippen LogP contribution in [-0.2, 0) is 0 Å². The van der Waals surface area contributed by atoms with Crippen molar-refractivity contribution < 1.29 is 18.9 Å². The van der Waals surface area contributed by atoms with E-state index in [9.17, 15) is 0 Å². The van der Waals surface area contributed by atoms with Gasteiger partial charge in [-0.3, -0.25) is 0 Å². The molecular weight excluding hydrogens is 129 g/mol. The number of nitrogens with one attached hydrogen (secondary N) is 1. The van der Waals surface area contributed by atoms with Gasteiger partial charge in [0.2, 0.25) is 0 Å². The van der Waals surface area contributed by atoms with Crippen LogP contribution in [0.2, 0.25) is 0 Å². The van der Waals surface area contributed by atoms with Gasteiger partial charge in [-0.25, -0.2) is 0 Å². The van der Waals surface area contributed by atoms with E-state index in [2.05, 4.69) is 19.1 Å². The Balaban J connectivity index is 0. The van der Waals surface area contributed by atoms with Gasteiger partial charge in [-0.15, -0.1) is 0 Å². The van der Waals surface area contributed by atoms with Crippen LogP contribution in [-0.4, -0.2) is 6.54 Å². The molecule has 0 unspecified atom stereocenters. The normalized spacial score (nSPS) is 7.18. The smallest absolute Gasteiger partial charge is 0.678 e. The Kier molecular flexibility index (Phi) is 11.9. The van der Waals surface area contributed by atoms with Crippen molar-refractivity contribution >= 4 is 0 Å². The summed E-state index contributed by atoms with van der Waals surface area (Å²) in [5, 5.41) is 0. The van der Waals surface area contributed by atoms with Crippen molar-refractivity contribution in [2.75, 3.05) is 6.54 Å². The molecule has 56 valence electrons. The van der Waals surface area contributed by atoms with Crippen LogP contribution in [0.25, 0.3) is 5.73 Å². The maximum absolute atomic E-state index is 6.21. The van der Waals surface area contributed by atoms with E-state index in [0.717, 1.165) is 0 Å². The van der Waals surface area contributed by atoms with Gasteiger partial charge in [-0.05, 0) is 6.92 Å². The summed E-state index contributed by atoms with van der Waals surface area (Å²) in [5.74, 6) is 0. The predicted molar refractivity (Wildman–Crippen MR) is 46.0 cm³/mol. The SMILES string of the molecule is CC[NH-].Cc1ccccc1.[Li+]. The van der Waals surface area contributed by atoms with Crippen LogP contribution in [0.5, 0.6) is 0 Å². The van der Waals surface area contributed by atoms with Crippen LogP contribution in [0, 0.1) is 6.92 Å². The molecule has 0 fully saturated rings. The van der Waals surface area contributed by atoms with Crippen molar-refractivity contribution in [3.63, 3.8) is 0 Å². The molecule has 0 bridgehead atoms. The van der Waals surface area contributed by atoms with Gasteiger partial charge in [0.05, 0.1) is 0 Å². The van der Waals surface area contributed by atoms with E-state index < -0.39 is 0 Å². The van der Waals surface area contributed by atoms with E-state index in [1.54, 1.807) is 6.92 Å². The Morgan fingerprint density at radius 1 is 1.18 bits per heavy atom. The Morgan fingerprint density at radius 2 is 1.55 bits per heavy atom. The fourth-order valence-electron chi connectivity index (χ4n) is 0.534. The van der Waals surface area contributed by atoms with Gasteiger partial charge in [0.25, 0.3) is 0 Å². The first-order chi connectivity index (χ1) is 4.81. The molecule has 0 aromatic heterocycles. The van der Waals surface area contributed by atoms with Gasteiger partial charge in [-0.2, -0.15) is 6.54 Å². The van der Waals surface area contributed by atoms with Crippen LogP contribution in [0.1, 0.15) is 12.5 Å². The maximum Gasteiger partial charge on any atom is 1.00 e. The summed E-state index contributed by atoms with van der Waals surface area (Å²) in [5.41, 5.74) is 7.53. The Bertz CT molecular complexity index is 151. The number of hydrogen-bond acceptors (Lipinski definition) is 0. The molecule has 0 heterocycles. The fraction of sp³-hybridized carbons (Fsp3) is 0.333. The number of aryl methyl sites for hydroxylation is 1. The predicted octanol–water partition coefficient (Wildman–Crippen LogP) is 0.0575. The van der Waals surface area contributed by atoms with Crippen LogP contribution in [0.3, 0.4) is 0 Å². The average molecular weight is 143 g/mol. The minimum atomic E-state index is 0. The molecule has 0 saturated carbocycles. The van der Waals surface area contributed by atoms with E-state index in [1.165, 1.54) is 5.56 Å². The zero-order valence-corrected chi connectivity index (χ0v) is 7.59. The summed E-state index contributed by atoms with van der Waals surface area (Å²) >= 11 is 0. The molecule has 1 aromatic carbocycles. The second-order valence-electron chi connectivity index (χ2n) is 2.01. The minimum Gasteiger partial charge on any atom is -0.678 e. The van der Waals surface area contributed by atoms with E-state index >= 15 is 0 Å². The molecule has 0 amide bonds. The second-order valence-corrected chi connectivity index (χ2v) is 2.01. The summed E-state index contributed by atoms with van der Waals surface area (Å²) in [6, 6.07) is 10.3. The maximum atomic E-state index is 6.21. The number of benzene rings is 1. The summed E-state index contributed by atoms with van der Waals surface area (Å²) < 4.78 is 0. The zero-order valence-electron chi connectivity index (χ0n) is 7.59. The molecule has 1 aromatic rings. The third-order valence-corrected chi connectivity index (χ3v) is 0.940. The molecule has 2 heteroatoms. The largest absolute Gasteiger partial charge is 1.00 e. The van der Waals surface area contributed by atoms with Gasteiger partial charge in [-0.1, -0.05) is 42.8 Å². The van der Waals surface area contributed by atoms with Crippen molar-refractivity contribution in [1.82, 2.24) is 0 Å². The van der Waals surface area contributed by atoms with Crippen LogP contribution < -0.4 is 18.9 Å². The molecular formula is C9H14LiN. The Morgan fingerprint density at radius 3 is 1.73 bits per heavy atom. The van der Waals surface area contributed by atoms with E-state index in [-0.39, 0.29) is 18.9 Å². The monoisotopic (exact) mass is 143 g/mol. The quantitative estimate of drug-likeness (QED) is 0.458. The van der Waals surface area contributed by atoms with Gasteiger partial charge in [0.1, 0.15) is 0 Å². The van der Waals surface area contributed by atoms with Gasteiger partial charge in [0.15, 0.2) is 0 Å². The first-order valence-corrected chi connectivity index (χ1v) is 3.47. The molecule has 0 aliphatic carbocycles. The molecule has 0 saturated heterocycles. The molecule has 0 radical (unpaired) electrons. The van der Waals surface area contributed by atoms with Gasteiger partial charge in [0, 0.05) is 0 Å². The third kappa shape index (κ3) is 9.78. The van der Waals surface area contributed by atoms with Crippen molar-refractivity contribution in [2.24, 2.45) is 0 Å². The summed E-state index contributed by atoms with van der Waals surface area (Å²) in [7, 11) is 0. The van der Waals surface area contributed by atoms with Gasteiger partial charge < -0.3 is 5.73 Å². The topological polar surface area (TPSA) is 23.8 Å². The molecule has 0 atom stereocenters. The minimum absolute atomic E-state index is 0. The average Bonchev–Trinajstić information content (AvgIpc) is 1.91. The molecule has 11 heavy (non-hydrogen) atoms. The van der Waals surface area contributed by atoms with Crippen molar-refractivity contribution in [3.8, 4) is 0 Å². The van der Waals surface area contributed by atoms with Crippen molar-refractivity contribution in [2.45, 2.75) is 13.8 Å². The summed E-state index contributed by atoms with van der Waals surface area (Å²) in [6.45, 7) is 4.38. The first-order valence-electron chi connectivity index (χ1n) is 3.47. The molecule has 1 nitrogen and oxygen atoms in total. The fourth-order valence-corrected chi connectivity index (χ4v) is 0.534. The van der Waals surface area contributed by atoms with Gasteiger partial charge >= 0.3 is 18.9 Å². The Labute approximate surface area is 81.2 Å². The van der Waals surface area contributed by atoms with Crippen molar-refractivity contribution in [1.29, 1.82) is 0 Å². The third-order valence-electron chi connectivity index (χ3n) is 0.940. The standard InChI is InChI=1S/C7H8.C2H6N.Li/c1-7-5-3-2-4-6-7;1-2-3;/h2-6H,1H3;3H,2H2,1H3;/q;-1;+1. The molecule has 0 aliphatic rings. The van der Waals surface area contributed by atoms with Crippen LogP contribution in [0.4, 0.5) is 0 Å². The number of rotatable bonds is 0. The van der Waals surface area contributed by atoms with Crippen LogP contribution in [0.15, 0.2) is 30.3 Å². The first kappa shape index (κ1) is 13.4. The van der Waals surface area contributed by atoms with E-state index in [0.29, 0.717) is 6.54 Å². The Hall–Kier alpha value is -0.223. The summed E-state index contributed by atoms with van der Waals surface area (Å²) in [4.78, 5) is 0. The van der Waals surface area contributed by atoms with E-state index in [4.69, 9.17) is 5.73 Å². The van der Waals surface area contributed by atoms with Crippen molar-refractivity contribution in [3.05, 3.63) is 41.6 Å². The molecule has 0 aliphatic heterocycles.